The van der Waals surface area contributed by atoms with Crippen molar-refractivity contribution in [2.75, 3.05) is 13.2 Å². The number of ether oxygens (including phenoxy) is 1. The monoisotopic (exact) mass is 356 g/mol. The van der Waals surface area contributed by atoms with Crippen LogP contribution in [0.15, 0.2) is 47.5 Å². The highest BCUT2D eigenvalue weighted by Crippen LogP contribution is 2.13. The molecule has 2 aromatic heterocycles. The van der Waals surface area contributed by atoms with E-state index < -0.39 is 23.9 Å². The molecule has 0 saturated carbocycles. The molecule has 3 rings (SSSR count). The maximum Gasteiger partial charge on any atom is 0.322 e. The molecule has 0 saturated heterocycles. The number of rotatable bonds is 7. The van der Waals surface area contributed by atoms with Gasteiger partial charge in [-0.25, -0.2) is 9.50 Å². The minimum Gasteiger partial charge on any atom is -0.480 e. The van der Waals surface area contributed by atoms with Gasteiger partial charge in [-0.1, -0.05) is 30.3 Å². The molecule has 0 bridgehead atoms. The number of hydrogen-bond donors (Lipinski definition) is 3. The summed E-state index contributed by atoms with van der Waals surface area (Å²) in [5, 5.41) is 13.6. The molecule has 1 aromatic carbocycles. The summed E-state index contributed by atoms with van der Waals surface area (Å²) >= 11 is 0. The van der Waals surface area contributed by atoms with Crippen LogP contribution >= 0.6 is 0 Å². The first kappa shape index (κ1) is 17.2. The maximum absolute atomic E-state index is 12.3. The number of amides is 1. The van der Waals surface area contributed by atoms with Gasteiger partial charge in [0.05, 0.1) is 6.61 Å². The average molecular weight is 356 g/mol. The first-order chi connectivity index (χ1) is 12.6. The van der Waals surface area contributed by atoms with Crippen molar-refractivity contribution in [1.82, 2.24) is 19.9 Å². The first-order valence-electron chi connectivity index (χ1n) is 7.82. The van der Waals surface area contributed by atoms with Crippen molar-refractivity contribution in [1.29, 1.82) is 0 Å². The second-order valence-electron chi connectivity index (χ2n) is 5.43. The normalized spacial score (nSPS) is 10.6. The third kappa shape index (κ3) is 3.72. The Morgan fingerprint density at radius 2 is 2.04 bits per heavy atom. The highest BCUT2D eigenvalue weighted by Gasteiger charge is 2.20. The number of H-pyrrole nitrogens is 1. The quantitative estimate of drug-likeness (QED) is 0.565. The van der Waals surface area contributed by atoms with E-state index in [4.69, 9.17) is 9.84 Å². The Morgan fingerprint density at radius 3 is 2.77 bits per heavy atom. The SMILES string of the molecule is O=C(O)CNC(=O)c1c(=O)cc(OCCc2ccccc2)n2[nH]cnc12. The molecule has 134 valence electrons. The van der Waals surface area contributed by atoms with E-state index in [0.717, 1.165) is 5.56 Å². The Morgan fingerprint density at radius 1 is 1.27 bits per heavy atom. The fraction of sp³-hybridized carbons (Fsp3) is 0.176. The zero-order chi connectivity index (χ0) is 18.5. The summed E-state index contributed by atoms with van der Waals surface area (Å²) < 4.78 is 7.02. The van der Waals surface area contributed by atoms with Crippen LogP contribution in [0.5, 0.6) is 5.88 Å². The van der Waals surface area contributed by atoms with Gasteiger partial charge in [0.25, 0.3) is 5.91 Å². The second-order valence-corrected chi connectivity index (χ2v) is 5.43. The summed E-state index contributed by atoms with van der Waals surface area (Å²) in [6, 6.07) is 10.9. The third-order valence-electron chi connectivity index (χ3n) is 3.64. The largest absolute Gasteiger partial charge is 0.480 e. The molecule has 0 fully saturated rings. The third-order valence-corrected chi connectivity index (χ3v) is 3.64. The number of aromatic amines is 1. The highest BCUT2D eigenvalue weighted by molar-refractivity contribution is 6.00. The van der Waals surface area contributed by atoms with Gasteiger partial charge in [0.1, 0.15) is 18.4 Å². The number of carboxylic acid groups (broad SMARTS) is 1. The van der Waals surface area contributed by atoms with E-state index in [0.29, 0.717) is 13.0 Å². The van der Waals surface area contributed by atoms with E-state index in [2.05, 4.69) is 15.4 Å². The van der Waals surface area contributed by atoms with Gasteiger partial charge in [-0.05, 0) is 5.56 Å². The Labute approximate surface area is 147 Å². The van der Waals surface area contributed by atoms with Crippen LogP contribution in [-0.4, -0.2) is 44.7 Å². The van der Waals surface area contributed by atoms with Gasteiger partial charge in [-0.2, -0.15) is 0 Å². The van der Waals surface area contributed by atoms with Crippen molar-refractivity contribution < 1.29 is 19.4 Å². The summed E-state index contributed by atoms with van der Waals surface area (Å²) in [6.07, 6.45) is 1.96. The van der Waals surface area contributed by atoms with Gasteiger partial charge in [-0.15, -0.1) is 0 Å². The van der Waals surface area contributed by atoms with Crippen LogP contribution in [0.1, 0.15) is 15.9 Å². The standard InChI is InChI=1S/C17H16N4O5/c22-12-8-13(26-7-6-11-4-2-1-3-5-11)21-16(19-10-20-21)15(12)17(25)18-9-14(23)24/h1-5,8,10H,6-7,9H2,(H,18,25)(H,19,20)(H,23,24). The van der Waals surface area contributed by atoms with Crippen molar-refractivity contribution in [3.8, 4) is 5.88 Å². The molecule has 0 atom stereocenters. The molecule has 1 amide bonds. The Bertz CT molecular complexity index is 993. The molecular formula is C17H16N4O5. The number of aromatic nitrogens is 3. The number of carbonyl (C=O) groups excluding carboxylic acids is 1. The van der Waals surface area contributed by atoms with Crippen molar-refractivity contribution >= 4 is 17.5 Å². The van der Waals surface area contributed by atoms with Crippen LogP contribution in [0.3, 0.4) is 0 Å². The Balaban J connectivity index is 1.81. The van der Waals surface area contributed by atoms with Crippen molar-refractivity contribution in [2.45, 2.75) is 6.42 Å². The lowest BCUT2D eigenvalue weighted by atomic mass is 10.2. The van der Waals surface area contributed by atoms with Crippen LogP contribution in [0.25, 0.3) is 5.65 Å². The summed E-state index contributed by atoms with van der Waals surface area (Å²) in [4.78, 5) is 39.0. The first-order valence-corrected chi connectivity index (χ1v) is 7.82. The summed E-state index contributed by atoms with van der Waals surface area (Å²) in [5.41, 5.74) is 0.304. The fourth-order valence-electron chi connectivity index (χ4n) is 2.45. The lowest BCUT2D eigenvalue weighted by Gasteiger charge is -2.10. The van der Waals surface area contributed by atoms with Crippen LogP contribution in [0.4, 0.5) is 0 Å². The van der Waals surface area contributed by atoms with E-state index >= 15 is 0 Å². The zero-order valence-electron chi connectivity index (χ0n) is 13.6. The van der Waals surface area contributed by atoms with E-state index in [-0.39, 0.29) is 17.1 Å². The van der Waals surface area contributed by atoms with E-state index in [1.54, 1.807) is 0 Å². The lowest BCUT2D eigenvalue weighted by molar-refractivity contribution is -0.135. The number of nitrogens with one attached hydrogen (secondary N) is 2. The smallest absolute Gasteiger partial charge is 0.322 e. The van der Waals surface area contributed by atoms with Gasteiger partial charge < -0.3 is 15.2 Å². The number of aliphatic carboxylic acids is 1. The van der Waals surface area contributed by atoms with Gasteiger partial charge in [0, 0.05) is 12.5 Å². The molecule has 0 spiro atoms. The van der Waals surface area contributed by atoms with Crippen molar-refractivity contribution in [2.24, 2.45) is 0 Å². The molecule has 26 heavy (non-hydrogen) atoms. The molecule has 9 heteroatoms. The molecular weight excluding hydrogens is 340 g/mol. The van der Waals surface area contributed by atoms with Crippen LogP contribution in [-0.2, 0) is 11.2 Å². The van der Waals surface area contributed by atoms with E-state index in [1.807, 2.05) is 30.3 Å². The molecule has 0 aliphatic rings. The summed E-state index contributed by atoms with van der Waals surface area (Å²) in [6.45, 7) is -0.265. The topological polar surface area (TPSA) is 126 Å². The molecule has 0 radical (unpaired) electrons. The number of nitrogens with zero attached hydrogens (tertiary/aromatic N) is 2. The Hall–Kier alpha value is -3.62. The number of pyridine rings is 1. The molecule has 3 aromatic rings. The maximum atomic E-state index is 12.3. The van der Waals surface area contributed by atoms with Crippen LogP contribution in [0, 0.1) is 0 Å². The predicted molar refractivity (Wildman–Crippen MR) is 91.4 cm³/mol. The van der Waals surface area contributed by atoms with E-state index in [9.17, 15) is 14.4 Å². The number of benzene rings is 1. The number of carbonyl (C=O) groups is 2. The minimum absolute atomic E-state index is 0.0649. The molecule has 2 heterocycles. The van der Waals surface area contributed by atoms with Gasteiger partial charge in [0.15, 0.2) is 5.65 Å². The summed E-state index contributed by atoms with van der Waals surface area (Å²) in [5.74, 6) is -1.80. The average Bonchev–Trinajstić information content (AvgIpc) is 3.10. The van der Waals surface area contributed by atoms with Gasteiger partial charge in [-0.3, -0.25) is 19.5 Å². The second kappa shape index (κ2) is 7.51. The van der Waals surface area contributed by atoms with Crippen LogP contribution in [0.2, 0.25) is 0 Å². The molecule has 3 N–H and O–H groups in total. The van der Waals surface area contributed by atoms with Crippen molar-refractivity contribution in [3.63, 3.8) is 0 Å². The number of fused-ring (bicyclic) bond motifs is 1. The lowest BCUT2D eigenvalue weighted by Crippen LogP contribution is -2.33. The van der Waals surface area contributed by atoms with Gasteiger partial charge in [0.2, 0.25) is 11.3 Å². The van der Waals surface area contributed by atoms with Crippen molar-refractivity contribution in [3.05, 3.63) is 64.1 Å². The molecule has 0 aliphatic carbocycles. The fourth-order valence-corrected chi connectivity index (χ4v) is 2.45. The zero-order valence-corrected chi connectivity index (χ0v) is 13.6. The number of hydrogen-bond acceptors (Lipinski definition) is 5. The molecule has 0 aliphatic heterocycles. The molecule has 9 nitrogen and oxygen atoms in total. The number of carboxylic acids is 1. The van der Waals surface area contributed by atoms with E-state index in [1.165, 1.54) is 16.9 Å². The van der Waals surface area contributed by atoms with Crippen LogP contribution < -0.4 is 15.5 Å². The summed E-state index contributed by atoms with van der Waals surface area (Å²) in [7, 11) is 0. The Kier molecular flexibility index (Phi) is 4.97. The minimum atomic E-state index is -1.21. The predicted octanol–water partition coefficient (Wildman–Crippen LogP) is 0.458. The highest BCUT2D eigenvalue weighted by atomic mass is 16.5. The molecule has 0 unspecified atom stereocenters. The van der Waals surface area contributed by atoms with Gasteiger partial charge >= 0.3 is 5.97 Å².